The Morgan fingerprint density at radius 1 is 1.09 bits per heavy atom. The van der Waals surface area contributed by atoms with Crippen LogP contribution in [0, 0.1) is 44.1 Å². The van der Waals surface area contributed by atoms with E-state index < -0.39 is 0 Å². The Balaban J connectivity index is 0.00000289. The van der Waals surface area contributed by atoms with Crippen LogP contribution in [0.2, 0.25) is 4.34 Å². The molecule has 0 unspecified atom stereocenters. The Morgan fingerprint density at radius 2 is 1.83 bits per heavy atom. The summed E-state index contributed by atoms with van der Waals surface area (Å²) in [6.07, 6.45) is 5.63. The maximum Gasteiger partial charge on any atom is 0.227 e. The Bertz CT molecular complexity index is 1260. The van der Waals surface area contributed by atoms with E-state index in [0.717, 1.165) is 63.0 Å². The van der Waals surface area contributed by atoms with Crippen LogP contribution in [-0.2, 0) is 6.54 Å². The van der Waals surface area contributed by atoms with Crippen LogP contribution in [0.1, 0.15) is 51.1 Å². The quantitative estimate of drug-likeness (QED) is 0.211. The second-order valence-electron chi connectivity index (χ2n) is 9.16. The van der Waals surface area contributed by atoms with Crippen molar-refractivity contribution in [3.05, 3.63) is 58.4 Å². The van der Waals surface area contributed by atoms with Gasteiger partial charge in [-0.3, -0.25) is 0 Å². The summed E-state index contributed by atoms with van der Waals surface area (Å²) >= 11 is 7.67. The van der Waals surface area contributed by atoms with E-state index in [1.807, 2.05) is 18.5 Å². The first-order chi connectivity index (χ1) is 16.5. The summed E-state index contributed by atoms with van der Waals surface area (Å²) in [5.74, 6) is 1.35. The predicted molar refractivity (Wildman–Crippen MR) is 142 cm³/mol. The molecule has 10 heteroatoms. The Kier molecular flexibility index (Phi) is 9.10. The molecular weight excluding hydrogens is 693 g/mol. The number of thiophene rings is 1. The van der Waals surface area contributed by atoms with Crippen LogP contribution in [0.5, 0.6) is 0 Å². The fourth-order valence-electron chi connectivity index (χ4n) is 4.34. The summed E-state index contributed by atoms with van der Waals surface area (Å²) in [5.41, 5.74) is 11.9. The zero-order valence-electron chi connectivity index (χ0n) is 20.0. The predicted octanol–water partition coefficient (Wildman–Crippen LogP) is 7.18. The van der Waals surface area contributed by atoms with E-state index in [4.69, 9.17) is 27.3 Å². The van der Waals surface area contributed by atoms with Gasteiger partial charge in [-0.05, 0) is 49.9 Å². The second-order valence-corrected chi connectivity index (χ2v) is 10.9. The molecule has 35 heavy (non-hydrogen) atoms. The van der Waals surface area contributed by atoms with Gasteiger partial charge in [0.15, 0.2) is 17.0 Å². The number of benzene rings is 1. The molecule has 0 spiro atoms. The zero-order chi connectivity index (χ0) is 23.7. The summed E-state index contributed by atoms with van der Waals surface area (Å²) in [7, 11) is 0. The molecule has 1 fully saturated rings. The van der Waals surface area contributed by atoms with Gasteiger partial charge in [0.25, 0.3) is 0 Å². The first kappa shape index (κ1) is 26.8. The minimum Gasteiger partial charge on any atom is -0.675 e. The number of hydrogen-bond acceptors (Lipinski definition) is 6. The van der Waals surface area contributed by atoms with Crippen LogP contribution in [0.15, 0.2) is 42.7 Å². The minimum atomic E-state index is 0. The first-order valence-electron chi connectivity index (χ1n) is 11.8. The molecule has 4 aromatic rings. The smallest absolute Gasteiger partial charge is 0.227 e. The van der Waals surface area contributed by atoms with E-state index in [9.17, 15) is 0 Å². The fraction of sp³-hybridized carbons (Fsp3) is 0.400. The molecule has 0 saturated heterocycles. The summed E-state index contributed by atoms with van der Waals surface area (Å²) in [5, 5.41) is 7.01. The number of nitrogens with one attached hydrogen (secondary N) is 3. The van der Waals surface area contributed by atoms with E-state index in [1.165, 1.54) is 0 Å². The Labute approximate surface area is 250 Å². The molecule has 1 aliphatic rings. The third-order valence-corrected chi connectivity index (χ3v) is 7.59. The van der Waals surface area contributed by atoms with E-state index in [-0.39, 0.29) is 56.1 Å². The summed E-state index contributed by atoms with van der Waals surface area (Å²) in [4.78, 5) is 15.4. The zero-order valence-corrected chi connectivity index (χ0v) is 26.3. The van der Waals surface area contributed by atoms with Crippen molar-refractivity contribution < 1.29 is 44.1 Å². The molecule has 0 bridgehead atoms. The molecule has 1 aromatic carbocycles. The molecular formula is C25H29AcClN7S-. The molecule has 3 aromatic heterocycles. The molecule has 1 aliphatic carbocycles. The normalized spacial score (nSPS) is 18.0. The topological polar surface area (TPSA) is 91.5 Å². The van der Waals surface area contributed by atoms with Gasteiger partial charge in [0.05, 0.1) is 10.7 Å². The van der Waals surface area contributed by atoms with Gasteiger partial charge in [0, 0.05) is 67.6 Å². The number of imidazole rings is 1. The van der Waals surface area contributed by atoms with Gasteiger partial charge in [-0.15, -0.1) is 17.4 Å². The third kappa shape index (κ3) is 6.37. The maximum atomic E-state index is 7.95. The van der Waals surface area contributed by atoms with Crippen molar-refractivity contribution in [3.63, 3.8) is 0 Å². The number of nitrogens with zero attached hydrogens (tertiary/aromatic N) is 4. The molecule has 3 heterocycles. The van der Waals surface area contributed by atoms with E-state index in [0.29, 0.717) is 18.5 Å². The van der Waals surface area contributed by atoms with Crippen molar-refractivity contribution in [3.8, 4) is 10.4 Å². The van der Waals surface area contributed by atoms with Gasteiger partial charge < -0.3 is 20.9 Å². The van der Waals surface area contributed by atoms with E-state index in [1.54, 1.807) is 11.3 Å². The number of aromatic nitrogens is 4. The van der Waals surface area contributed by atoms with Gasteiger partial charge in [0.2, 0.25) is 5.95 Å². The maximum absolute atomic E-state index is 7.95. The Hall–Kier alpha value is -1.24. The van der Waals surface area contributed by atoms with Crippen LogP contribution >= 0.6 is 22.9 Å². The van der Waals surface area contributed by atoms with Gasteiger partial charge >= 0.3 is 0 Å². The van der Waals surface area contributed by atoms with Crippen LogP contribution in [0.25, 0.3) is 27.3 Å². The molecule has 7 nitrogen and oxygen atoms in total. The van der Waals surface area contributed by atoms with Crippen molar-refractivity contribution in [2.45, 2.75) is 64.2 Å². The standard InChI is InChI=1S/C25H29ClN7S.Ac/c1-15(2)33-14-29-22-23(31-25(32-24(22)33)30-19-9-7-18(27)8-10-19)28-13-16-3-5-17(6-4-16)20-11-12-21(26)34-20;/h3-6,11-12,14-15,18-19,27H,7-10,13H2,1-2H3,(H2,28,30,31,32);/q-1;. The number of anilines is 2. The largest absolute Gasteiger partial charge is 0.675 e. The third-order valence-electron chi connectivity index (χ3n) is 6.31. The van der Waals surface area contributed by atoms with E-state index >= 15 is 0 Å². The second kappa shape index (κ2) is 11.9. The summed E-state index contributed by atoms with van der Waals surface area (Å²) in [6, 6.07) is 13.1. The average Bonchev–Trinajstić information content (AvgIpc) is 3.46. The van der Waals surface area contributed by atoms with Crippen LogP contribution in [0.3, 0.4) is 0 Å². The number of fused-ring (bicyclic) bond motifs is 1. The molecule has 3 N–H and O–H groups in total. The van der Waals surface area contributed by atoms with Crippen LogP contribution in [0.4, 0.5) is 11.8 Å². The van der Waals surface area contributed by atoms with Crippen molar-refractivity contribution in [1.29, 1.82) is 0 Å². The SMILES string of the molecule is CC(C)n1cnc2c(NCc3ccc(-c4ccc(Cl)s4)cc3)nc(NC3CCC([NH-])CC3)nc21.[Ac]. The Morgan fingerprint density at radius 3 is 2.49 bits per heavy atom. The molecule has 181 valence electrons. The van der Waals surface area contributed by atoms with Gasteiger partial charge in [-0.1, -0.05) is 48.7 Å². The molecule has 5 rings (SSSR count). The monoisotopic (exact) mass is 721 g/mol. The van der Waals surface area contributed by atoms with Crippen molar-refractivity contribution >= 4 is 45.9 Å². The van der Waals surface area contributed by atoms with Gasteiger partial charge in [0.1, 0.15) is 0 Å². The number of hydrogen-bond donors (Lipinski definition) is 2. The van der Waals surface area contributed by atoms with Crippen molar-refractivity contribution in [2.75, 3.05) is 10.6 Å². The molecule has 1 radical (unpaired) electrons. The number of halogens is 1. The summed E-state index contributed by atoms with van der Waals surface area (Å²) < 4.78 is 2.88. The fourth-order valence-corrected chi connectivity index (χ4v) is 5.39. The van der Waals surface area contributed by atoms with Crippen molar-refractivity contribution in [1.82, 2.24) is 19.5 Å². The van der Waals surface area contributed by atoms with Gasteiger partial charge in [-0.2, -0.15) is 9.97 Å². The van der Waals surface area contributed by atoms with Crippen LogP contribution in [-0.4, -0.2) is 31.6 Å². The van der Waals surface area contributed by atoms with Crippen LogP contribution < -0.4 is 10.6 Å². The average molecular weight is 722 g/mol. The first-order valence-corrected chi connectivity index (χ1v) is 13.0. The number of rotatable bonds is 7. The van der Waals surface area contributed by atoms with Crippen molar-refractivity contribution in [2.24, 2.45) is 0 Å². The minimum absolute atomic E-state index is 0. The molecule has 0 atom stereocenters. The van der Waals surface area contributed by atoms with E-state index in [2.05, 4.69) is 58.3 Å². The van der Waals surface area contributed by atoms with Gasteiger partial charge in [-0.25, -0.2) is 4.98 Å². The molecule has 0 amide bonds. The molecule has 0 aliphatic heterocycles. The molecule has 1 saturated carbocycles. The summed E-state index contributed by atoms with van der Waals surface area (Å²) in [6.45, 7) is 4.89.